The average molecular weight is 297 g/mol. The fourth-order valence-electron chi connectivity index (χ4n) is 3.27. The molecule has 1 amide bonds. The molecule has 1 saturated carbocycles. The Morgan fingerprint density at radius 2 is 1.71 bits per heavy atom. The Hall–Kier alpha value is -1.14. The van der Waals surface area contributed by atoms with Gasteiger partial charge in [0.15, 0.2) is 0 Å². The molecule has 6 heteroatoms. The molecule has 6 nitrogen and oxygen atoms in total. The number of carboxylic acid groups (broad SMARTS) is 1. The predicted octanol–water partition coefficient (Wildman–Crippen LogP) is 0.433. The van der Waals surface area contributed by atoms with Gasteiger partial charge in [-0.25, -0.2) is 0 Å². The normalized spacial score (nSPS) is 23.2. The van der Waals surface area contributed by atoms with Crippen LogP contribution in [0.15, 0.2) is 0 Å². The van der Waals surface area contributed by atoms with Crippen molar-refractivity contribution in [2.75, 3.05) is 39.3 Å². The van der Waals surface area contributed by atoms with E-state index in [9.17, 15) is 14.7 Å². The van der Waals surface area contributed by atoms with Crippen molar-refractivity contribution in [1.29, 1.82) is 0 Å². The number of amides is 1. The number of hydrogen-bond acceptors (Lipinski definition) is 4. The van der Waals surface area contributed by atoms with E-state index in [0.717, 1.165) is 51.9 Å². The maximum Gasteiger partial charge on any atom is 0.311 e. The highest BCUT2D eigenvalue weighted by atomic mass is 16.4. The summed E-state index contributed by atoms with van der Waals surface area (Å²) < 4.78 is 0. The van der Waals surface area contributed by atoms with Gasteiger partial charge in [0.25, 0.3) is 0 Å². The number of hydrogen-bond donors (Lipinski definition) is 3. The molecule has 2 fully saturated rings. The second-order valence-corrected chi connectivity index (χ2v) is 6.30. The monoisotopic (exact) mass is 297 g/mol. The molecule has 0 unspecified atom stereocenters. The van der Waals surface area contributed by atoms with E-state index in [2.05, 4.69) is 15.5 Å². The molecule has 120 valence electrons. The van der Waals surface area contributed by atoms with E-state index in [-0.39, 0.29) is 12.5 Å². The molecule has 0 radical (unpaired) electrons. The Kier molecular flexibility index (Phi) is 5.99. The third-order valence-electron chi connectivity index (χ3n) is 4.72. The number of carbonyl (C=O) groups is 2. The number of nitrogens with zero attached hydrogens (tertiary/aromatic N) is 1. The zero-order chi connectivity index (χ0) is 15.1. The van der Waals surface area contributed by atoms with Gasteiger partial charge in [0.1, 0.15) is 0 Å². The topological polar surface area (TPSA) is 81.7 Å². The van der Waals surface area contributed by atoms with Gasteiger partial charge in [-0.15, -0.1) is 0 Å². The van der Waals surface area contributed by atoms with Gasteiger partial charge in [0, 0.05) is 32.7 Å². The summed E-state index contributed by atoms with van der Waals surface area (Å²) in [7, 11) is 0. The highest BCUT2D eigenvalue weighted by Gasteiger charge is 2.38. The van der Waals surface area contributed by atoms with Crippen LogP contribution in [0.4, 0.5) is 0 Å². The van der Waals surface area contributed by atoms with Gasteiger partial charge in [0.05, 0.1) is 12.0 Å². The molecule has 1 aliphatic carbocycles. The van der Waals surface area contributed by atoms with Crippen LogP contribution >= 0.6 is 0 Å². The summed E-state index contributed by atoms with van der Waals surface area (Å²) in [5.41, 5.74) is -0.754. The van der Waals surface area contributed by atoms with E-state index in [1.54, 1.807) is 0 Å². The van der Waals surface area contributed by atoms with Crippen molar-refractivity contribution in [1.82, 2.24) is 15.5 Å². The van der Waals surface area contributed by atoms with Crippen molar-refractivity contribution >= 4 is 11.9 Å². The molecule has 21 heavy (non-hydrogen) atoms. The lowest BCUT2D eigenvalue weighted by Gasteiger charge is -2.30. The maximum atomic E-state index is 12.0. The molecule has 1 saturated heterocycles. The first-order valence-corrected chi connectivity index (χ1v) is 8.06. The predicted molar refractivity (Wildman–Crippen MR) is 80.1 cm³/mol. The average Bonchev–Trinajstić information content (AvgIpc) is 2.73. The van der Waals surface area contributed by atoms with Gasteiger partial charge in [-0.1, -0.05) is 25.7 Å². The van der Waals surface area contributed by atoms with Crippen molar-refractivity contribution < 1.29 is 14.7 Å². The third kappa shape index (κ3) is 4.68. The molecular weight excluding hydrogens is 270 g/mol. The molecule has 0 aromatic carbocycles. The lowest BCUT2D eigenvalue weighted by atomic mass is 9.80. The highest BCUT2D eigenvalue weighted by molar-refractivity contribution is 5.80. The summed E-state index contributed by atoms with van der Waals surface area (Å²) in [6.45, 7) is 4.21. The minimum absolute atomic E-state index is 0.0539. The quantitative estimate of drug-likeness (QED) is 0.641. The van der Waals surface area contributed by atoms with Crippen molar-refractivity contribution in [3.05, 3.63) is 0 Å². The van der Waals surface area contributed by atoms with Gasteiger partial charge < -0.3 is 15.7 Å². The van der Waals surface area contributed by atoms with Gasteiger partial charge >= 0.3 is 5.97 Å². The second kappa shape index (κ2) is 7.75. The SMILES string of the molecule is O=C(CN1CCNCC1)NCC1(C(=O)O)CCCCCC1. The summed E-state index contributed by atoms with van der Waals surface area (Å²) in [6.07, 6.45) is 5.44. The lowest BCUT2D eigenvalue weighted by molar-refractivity contribution is -0.149. The van der Waals surface area contributed by atoms with Gasteiger partial charge in [0.2, 0.25) is 5.91 Å². The van der Waals surface area contributed by atoms with Gasteiger partial charge in [-0.2, -0.15) is 0 Å². The minimum atomic E-state index is -0.758. The molecule has 0 aromatic heterocycles. The minimum Gasteiger partial charge on any atom is -0.481 e. The van der Waals surface area contributed by atoms with Crippen LogP contribution in [0.5, 0.6) is 0 Å². The van der Waals surface area contributed by atoms with Crippen molar-refractivity contribution in [3.63, 3.8) is 0 Å². The summed E-state index contributed by atoms with van der Waals surface area (Å²) in [5.74, 6) is -0.811. The van der Waals surface area contributed by atoms with Gasteiger partial charge in [-0.3, -0.25) is 14.5 Å². The second-order valence-electron chi connectivity index (χ2n) is 6.30. The Labute approximate surface area is 126 Å². The van der Waals surface area contributed by atoms with Gasteiger partial charge in [-0.05, 0) is 12.8 Å². The summed E-state index contributed by atoms with van der Waals surface area (Å²) in [6, 6.07) is 0. The number of carboxylic acids is 1. The molecular formula is C15H27N3O3. The van der Waals surface area contributed by atoms with E-state index in [4.69, 9.17) is 0 Å². The molecule has 0 spiro atoms. The number of rotatable bonds is 5. The number of nitrogens with one attached hydrogen (secondary N) is 2. The largest absolute Gasteiger partial charge is 0.481 e. The fraction of sp³-hybridized carbons (Fsp3) is 0.867. The molecule has 1 aliphatic heterocycles. The number of piperazine rings is 1. The maximum absolute atomic E-state index is 12.0. The van der Waals surface area contributed by atoms with E-state index >= 15 is 0 Å². The Balaban J connectivity index is 1.83. The fourth-order valence-corrected chi connectivity index (χ4v) is 3.27. The summed E-state index contributed by atoms with van der Waals surface area (Å²) >= 11 is 0. The Morgan fingerprint density at radius 3 is 2.29 bits per heavy atom. The van der Waals surface area contributed by atoms with Crippen LogP contribution < -0.4 is 10.6 Å². The van der Waals surface area contributed by atoms with Crippen LogP contribution in [0.3, 0.4) is 0 Å². The Bertz CT molecular complexity index is 359. The Morgan fingerprint density at radius 1 is 1.10 bits per heavy atom. The van der Waals surface area contributed by atoms with Crippen molar-refractivity contribution in [2.45, 2.75) is 38.5 Å². The van der Waals surface area contributed by atoms with Crippen molar-refractivity contribution in [3.8, 4) is 0 Å². The molecule has 2 aliphatic rings. The smallest absolute Gasteiger partial charge is 0.311 e. The first-order valence-electron chi connectivity index (χ1n) is 8.06. The van der Waals surface area contributed by atoms with Crippen LogP contribution in [0, 0.1) is 5.41 Å². The zero-order valence-electron chi connectivity index (χ0n) is 12.7. The number of aliphatic carboxylic acids is 1. The van der Waals surface area contributed by atoms with Crippen LogP contribution in [0.25, 0.3) is 0 Å². The zero-order valence-corrected chi connectivity index (χ0v) is 12.7. The van der Waals surface area contributed by atoms with Crippen molar-refractivity contribution in [2.24, 2.45) is 5.41 Å². The standard InChI is InChI=1S/C15H27N3O3/c19-13(11-18-9-7-16-8-10-18)17-12-15(14(20)21)5-3-1-2-4-6-15/h16H,1-12H2,(H,17,19)(H,20,21). The van der Waals surface area contributed by atoms with Crippen LogP contribution in [-0.2, 0) is 9.59 Å². The molecule has 0 bridgehead atoms. The first-order chi connectivity index (χ1) is 10.1. The molecule has 0 atom stereocenters. The molecule has 2 rings (SSSR count). The first kappa shape index (κ1) is 16.2. The molecule has 1 heterocycles. The molecule has 3 N–H and O–H groups in total. The van der Waals surface area contributed by atoms with Crippen LogP contribution in [0.1, 0.15) is 38.5 Å². The summed E-state index contributed by atoms with van der Waals surface area (Å²) in [5, 5.41) is 15.7. The van der Waals surface area contributed by atoms with E-state index < -0.39 is 11.4 Å². The van der Waals surface area contributed by atoms with Crippen LogP contribution in [-0.4, -0.2) is 61.2 Å². The van der Waals surface area contributed by atoms with E-state index in [0.29, 0.717) is 19.4 Å². The van der Waals surface area contributed by atoms with Crippen LogP contribution in [0.2, 0.25) is 0 Å². The lowest BCUT2D eigenvalue weighted by Crippen LogP contribution is -2.49. The van der Waals surface area contributed by atoms with E-state index in [1.807, 2.05) is 0 Å². The molecule has 0 aromatic rings. The van der Waals surface area contributed by atoms with E-state index in [1.165, 1.54) is 0 Å². The summed E-state index contributed by atoms with van der Waals surface area (Å²) in [4.78, 5) is 25.8. The third-order valence-corrected chi connectivity index (χ3v) is 4.72. The highest BCUT2D eigenvalue weighted by Crippen LogP contribution is 2.34. The number of carbonyl (C=O) groups excluding carboxylic acids is 1.